The Morgan fingerprint density at radius 1 is 1.18 bits per heavy atom. The lowest BCUT2D eigenvalue weighted by Crippen LogP contribution is -2.52. The highest BCUT2D eigenvalue weighted by Crippen LogP contribution is 2.29. The molecule has 174 valence electrons. The van der Waals surface area contributed by atoms with Crippen LogP contribution < -0.4 is 10.6 Å². The quantitative estimate of drug-likeness (QED) is 0.626. The Hall–Kier alpha value is -3.30. The molecule has 1 fully saturated rings. The first kappa shape index (κ1) is 22.9. The summed E-state index contributed by atoms with van der Waals surface area (Å²) in [6.07, 6.45) is 1.48. The number of rotatable bonds is 6. The molecule has 33 heavy (non-hydrogen) atoms. The van der Waals surface area contributed by atoms with Crippen molar-refractivity contribution in [3.8, 4) is 0 Å². The minimum absolute atomic E-state index is 0.151. The third-order valence-corrected chi connectivity index (χ3v) is 5.84. The standard InChI is InChI=1S/C23H25ClN4O5/c1-2-32-22(30)19-17(25-23(31)26-20(19)15-5-3-6-16(24)13-15)14-27-8-10-28(11-9-27)21(29)18-7-4-12-33-18/h3-7,12-13,20H,2,8-11,14H2,1H3,(H2,25,26,31). The Labute approximate surface area is 196 Å². The molecule has 0 radical (unpaired) electrons. The van der Waals surface area contributed by atoms with Gasteiger partial charge >= 0.3 is 12.0 Å². The molecule has 10 heteroatoms. The molecule has 9 nitrogen and oxygen atoms in total. The van der Waals surface area contributed by atoms with E-state index in [1.807, 2.05) is 0 Å². The molecule has 1 atom stereocenters. The van der Waals surface area contributed by atoms with Crippen LogP contribution in [0.4, 0.5) is 4.79 Å². The summed E-state index contributed by atoms with van der Waals surface area (Å²) in [5.74, 6) is -0.343. The Bertz CT molecular complexity index is 1060. The van der Waals surface area contributed by atoms with E-state index in [0.717, 1.165) is 0 Å². The molecule has 2 aromatic rings. The number of benzene rings is 1. The number of hydrogen-bond donors (Lipinski definition) is 2. The number of hydrogen-bond acceptors (Lipinski definition) is 6. The van der Waals surface area contributed by atoms with E-state index in [4.69, 9.17) is 20.8 Å². The van der Waals surface area contributed by atoms with Crippen molar-refractivity contribution in [3.63, 3.8) is 0 Å². The lowest BCUT2D eigenvalue weighted by Gasteiger charge is -2.36. The van der Waals surface area contributed by atoms with Crippen molar-refractivity contribution in [2.45, 2.75) is 13.0 Å². The van der Waals surface area contributed by atoms with Gasteiger partial charge in [-0.3, -0.25) is 9.69 Å². The van der Waals surface area contributed by atoms with Crippen LogP contribution in [0.15, 0.2) is 58.3 Å². The number of carbonyl (C=O) groups is 3. The molecule has 0 bridgehead atoms. The van der Waals surface area contributed by atoms with E-state index in [0.29, 0.717) is 60.3 Å². The minimum Gasteiger partial charge on any atom is -0.463 e. The van der Waals surface area contributed by atoms with Gasteiger partial charge in [0.2, 0.25) is 0 Å². The van der Waals surface area contributed by atoms with Crippen molar-refractivity contribution in [1.82, 2.24) is 20.4 Å². The SMILES string of the molecule is CCOC(=O)C1=C(CN2CCN(C(=O)c3ccco3)CC2)NC(=O)NC1c1cccc(Cl)c1. The van der Waals surface area contributed by atoms with Crippen LogP contribution >= 0.6 is 11.6 Å². The van der Waals surface area contributed by atoms with E-state index in [-0.39, 0.29) is 12.5 Å². The van der Waals surface area contributed by atoms with E-state index in [9.17, 15) is 14.4 Å². The van der Waals surface area contributed by atoms with Gasteiger partial charge in [-0.05, 0) is 36.8 Å². The first-order chi connectivity index (χ1) is 16.0. The number of urea groups is 1. The van der Waals surface area contributed by atoms with Crippen LogP contribution in [0.25, 0.3) is 0 Å². The molecule has 0 aliphatic carbocycles. The topological polar surface area (TPSA) is 104 Å². The second-order valence-corrected chi connectivity index (χ2v) is 8.18. The average Bonchev–Trinajstić information content (AvgIpc) is 3.34. The molecular weight excluding hydrogens is 448 g/mol. The van der Waals surface area contributed by atoms with Gasteiger partial charge in [-0.25, -0.2) is 9.59 Å². The number of furan rings is 1. The summed E-state index contributed by atoms with van der Waals surface area (Å²) < 4.78 is 10.5. The first-order valence-corrected chi connectivity index (χ1v) is 11.1. The molecule has 1 unspecified atom stereocenters. The molecule has 3 amide bonds. The fourth-order valence-corrected chi connectivity index (χ4v) is 4.22. The molecule has 2 N–H and O–H groups in total. The van der Waals surface area contributed by atoms with E-state index < -0.39 is 18.0 Å². The Morgan fingerprint density at radius 3 is 2.64 bits per heavy atom. The number of esters is 1. The number of nitrogens with one attached hydrogen (secondary N) is 2. The largest absolute Gasteiger partial charge is 0.463 e. The van der Waals surface area contributed by atoms with E-state index in [1.54, 1.807) is 48.2 Å². The maximum atomic E-state index is 12.9. The second kappa shape index (κ2) is 10.1. The zero-order chi connectivity index (χ0) is 23.4. The van der Waals surface area contributed by atoms with Crippen LogP contribution in [0.5, 0.6) is 0 Å². The molecule has 1 aromatic heterocycles. The number of piperazine rings is 1. The van der Waals surface area contributed by atoms with Gasteiger partial charge < -0.3 is 24.7 Å². The third-order valence-electron chi connectivity index (χ3n) is 5.60. The van der Waals surface area contributed by atoms with Crippen LogP contribution in [0.3, 0.4) is 0 Å². The van der Waals surface area contributed by atoms with Crippen molar-refractivity contribution in [1.29, 1.82) is 0 Å². The highest BCUT2D eigenvalue weighted by Gasteiger charge is 2.35. The lowest BCUT2D eigenvalue weighted by atomic mass is 9.95. The number of nitrogens with zero attached hydrogens (tertiary/aromatic N) is 2. The van der Waals surface area contributed by atoms with E-state index >= 15 is 0 Å². The molecule has 2 aliphatic heterocycles. The average molecular weight is 473 g/mol. The molecule has 4 rings (SSSR count). The van der Waals surface area contributed by atoms with Crippen LogP contribution in [-0.4, -0.2) is 67.0 Å². The monoisotopic (exact) mass is 472 g/mol. The van der Waals surface area contributed by atoms with Crippen molar-refractivity contribution < 1.29 is 23.5 Å². The van der Waals surface area contributed by atoms with E-state index in [1.165, 1.54) is 6.26 Å². The molecule has 0 saturated carbocycles. The van der Waals surface area contributed by atoms with Gasteiger partial charge in [-0.2, -0.15) is 0 Å². The summed E-state index contributed by atoms with van der Waals surface area (Å²) in [7, 11) is 0. The van der Waals surface area contributed by atoms with Crippen LogP contribution in [0, 0.1) is 0 Å². The van der Waals surface area contributed by atoms with Crippen LogP contribution in [0.1, 0.15) is 29.1 Å². The molecule has 0 spiro atoms. The number of amides is 3. The summed E-state index contributed by atoms with van der Waals surface area (Å²) in [6.45, 7) is 4.45. The fraction of sp³-hybridized carbons (Fsp3) is 0.348. The van der Waals surface area contributed by atoms with Crippen molar-refractivity contribution >= 4 is 29.5 Å². The molecule has 1 aromatic carbocycles. The van der Waals surface area contributed by atoms with Gasteiger partial charge in [0.25, 0.3) is 5.91 Å². The highest BCUT2D eigenvalue weighted by atomic mass is 35.5. The zero-order valence-electron chi connectivity index (χ0n) is 18.2. The summed E-state index contributed by atoms with van der Waals surface area (Å²) in [4.78, 5) is 41.7. The van der Waals surface area contributed by atoms with Gasteiger partial charge in [0.1, 0.15) is 0 Å². The third kappa shape index (κ3) is 5.20. The Morgan fingerprint density at radius 2 is 1.97 bits per heavy atom. The molecule has 3 heterocycles. The summed E-state index contributed by atoms with van der Waals surface area (Å²) in [5, 5.41) is 6.09. The van der Waals surface area contributed by atoms with Crippen molar-refractivity contribution in [3.05, 3.63) is 70.3 Å². The second-order valence-electron chi connectivity index (χ2n) is 7.74. The molecular formula is C23H25ClN4O5. The van der Waals surface area contributed by atoms with Gasteiger partial charge in [0, 0.05) is 43.4 Å². The number of ether oxygens (including phenoxy) is 1. The molecule has 1 saturated heterocycles. The smallest absolute Gasteiger partial charge is 0.338 e. The summed E-state index contributed by atoms with van der Waals surface area (Å²) in [5.41, 5.74) is 1.51. The zero-order valence-corrected chi connectivity index (χ0v) is 18.9. The molecule has 2 aliphatic rings. The van der Waals surface area contributed by atoms with Gasteiger partial charge in [-0.15, -0.1) is 0 Å². The van der Waals surface area contributed by atoms with Crippen LogP contribution in [0.2, 0.25) is 5.02 Å². The van der Waals surface area contributed by atoms with E-state index in [2.05, 4.69) is 15.5 Å². The predicted octanol–water partition coefficient (Wildman–Crippen LogP) is 2.56. The summed E-state index contributed by atoms with van der Waals surface area (Å²) in [6, 6.07) is 9.25. The van der Waals surface area contributed by atoms with Crippen molar-refractivity contribution in [2.24, 2.45) is 0 Å². The number of carbonyl (C=O) groups excluding carboxylic acids is 3. The van der Waals surface area contributed by atoms with Gasteiger partial charge in [-0.1, -0.05) is 23.7 Å². The Balaban J connectivity index is 1.54. The Kier molecular flexibility index (Phi) is 7.00. The maximum absolute atomic E-state index is 12.9. The number of halogens is 1. The normalized spacial score (nSPS) is 19.2. The van der Waals surface area contributed by atoms with Crippen molar-refractivity contribution in [2.75, 3.05) is 39.3 Å². The summed E-state index contributed by atoms with van der Waals surface area (Å²) >= 11 is 6.15. The fourth-order valence-electron chi connectivity index (χ4n) is 4.02. The lowest BCUT2D eigenvalue weighted by molar-refractivity contribution is -0.139. The maximum Gasteiger partial charge on any atom is 0.338 e. The predicted molar refractivity (Wildman–Crippen MR) is 121 cm³/mol. The highest BCUT2D eigenvalue weighted by molar-refractivity contribution is 6.30. The van der Waals surface area contributed by atoms with Crippen LogP contribution in [-0.2, 0) is 9.53 Å². The van der Waals surface area contributed by atoms with Gasteiger partial charge in [0.15, 0.2) is 5.76 Å². The van der Waals surface area contributed by atoms with Gasteiger partial charge in [0.05, 0.1) is 24.5 Å². The first-order valence-electron chi connectivity index (χ1n) is 10.7. The minimum atomic E-state index is -0.687.